The van der Waals surface area contributed by atoms with Crippen LogP contribution in [0.3, 0.4) is 0 Å². The Balaban J connectivity index is 1.44. The summed E-state index contributed by atoms with van der Waals surface area (Å²) in [5.74, 6) is 1.41. The van der Waals surface area contributed by atoms with Crippen LogP contribution in [0.15, 0.2) is 23.8 Å². The van der Waals surface area contributed by atoms with Crippen molar-refractivity contribution in [2.24, 2.45) is 45.3 Å². The first kappa shape index (κ1) is 25.7. The van der Waals surface area contributed by atoms with Gasteiger partial charge in [-0.1, -0.05) is 33.4 Å². The molecule has 0 N–H and O–H groups in total. The van der Waals surface area contributed by atoms with Crippen molar-refractivity contribution < 1.29 is 23.9 Å². The average molecular weight is 497 g/mol. The standard InChI is InChI=1S/C31H44O5/c1-19(17-32)8-7-9-20(2)22-10-12-29(5)24-16-23-26(21(3)27(34)36-23)31(13-11-25(33)35-6)18-30(24,31)15-14-28(22,29)4/h8,17,20,22-24,26H,3,7,9-16,18H2,1-2,4-6H3/b19-8+. The molecular formula is C31H44O5. The normalized spacial score (nSPS) is 45.6. The summed E-state index contributed by atoms with van der Waals surface area (Å²) in [4.78, 5) is 35.9. The molecular weight excluding hydrogens is 452 g/mol. The van der Waals surface area contributed by atoms with Gasteiger partial charge in [0, 0.05) is 17.9 Å². The van der Waals surface area contributed by atoms with Crippen LogP contribution in [-0.2, 0) is 23.9 Å². The monoisotopic (exact) mass is 496 g/mol. The Morgan fingerprint density at radius 3 is 2.69 bits per heavy atom. The maximum absolute atomic E-state index is 12.7. The van der Waals surface area contributed by atoms with Gasteiger partial charge >= 0.3 is 11.9 Å². The molecule has 9 atom stereocenters. The molecule has 5 fully saturated rings. The summed E-state index contributed by atoms with van der Waals surface area (Å²) in [7, 11) is 1.46. The van der Waals surface area contributed by atoms with Crippen LogP contribution in [0.1, 0.15) is 91.9 Å². The number of hydrogen-bond donors (Lipinski definition) is 0. The van der Waals surface area contributed by atoms with E-state index in [0.29, 0.717) is 29.7 Å². The van der Waals surface area contributed by atoms with Gasteiger partial charge in [-0.2, -0.15) is 0 Å². The number of carbonyl (C=O) groups is 3. The van der Waals surface area contributed by atoms with Crippen molar-refractivity contribution in [2.45, 2.75) is 98.0 Å². The molecule has 0 aromatic carbocycles. The van der Waals surface area contributed by atoms with Gasteiger partial charge < -0.3 is 9.47 Å². The molecule has 1 aliphatic heterocycles. The third-order valence-electron chi connectivity index (χ3n) is 12.4. The van der Waals surface area contributed by atoms with Crippen molar-refractivity contribution in [2.75, 3.05) is 7.11 Å². The molecule has 5 aliphatic rings. The van der Waals surface area contributed by atoms with Crippen LogP contribution in [0.5, 0.6) is 0 Å². The van der Waals surface area contributed by atoms with Crippen LogP contribution >= 0.6 is 0 Å². The molecule has 0 aromatic heterocycles. The van der Waals surface area contributed by atoms with Crippen LogP contribution in [0, 0.1) is 45.3 Å². The zero-order valence-electron chi connectivity index (χ0n) is 22.9. The van der Waals surface area contributed by atoms with E-state index >= 15 is 0 Å². The fraction of sp³-hybridized carbons (Fsp3) is 0.774. The van der Waals surface area contributed by atoms with Gasteiger partial charge in [-0.05, 0) is 110 Å². The Bertz CT molecular complexity index is 1010. The van der Waals surface area contributed by atoms with E-state index in [2.05, 4.69) is 33.4 Å². The van der Waals surface area contributed by atoms with E-state index in [0.717, 1.165) is 44.0 Å². The van der Waals surface area contributed by atoms with Crippen molar-refractivity contribution in [3.8, 4) is 0 Å². The highest BCUT2D eigenvalue weighted by Crippen LogP contribution is 2.88. The molecule has 4 aliphatic carbocycles. The highest BCUT2D eigenvalue weighted by Gasteiger charge is 2.83. The number of ether oxygens (including phenoxy) is 2. The summed E-state index contributed by atoms with van der Waals surface area (Å²) in [5.41, 5.74) is 2.00. The van der Waals surface area contributed by atoms with Gasteiger partial charge in [-0.25, -0.2) is 4.79 Å². The molecule has 4 saturated carbocycles. The van der Waals surface area contributed by atoms with E-state index in [-0.39, 0.29) is 45.6 Å². The molecule has 0 amide bonds. The molecule has 5 nitrogen and oxygen atoms in total. The number of esters is 2. The smallest absolute Gasteiger partial charge is 0.334 e. The van der Waals surface area contributed by atoms with Gasteiger partial charge in [0.15, 0.2) is 0 Å². The first-order chi connectivity index (χ1) is 17.0. The molecule has 36 heavy (non-hydrogen) atoms. The van der Waals surface area contributed by atoms with Crippen molar-refractivity contribution in [3.63, 3.8) is 0 Å². The fourth-order valence-electron chi connectivity index (χ4n) is 10.4. The number of allylic oxidation sites excluding steroid dienone is 2. The van der Waals surface area contributed by atoms with E-state index in [1.54, 1.807) is 0 Å². The first-order valence-electron chi connectivity index (χ1n) is 14.1. The number of aldehydes is 1. The van der Waals surface area contributed by atoms with Crippen LogP contribution in [0.25, 0.3) is 0 Å². The van der Waals surface area contributed by atoms with Gasteiger partial charge in [-0.3, -0.25) is 9.59 Å². The van der Waals surface area contributed by atoms with E-state index in [9.17, 15) is 14.4 Å². The fourth-order valence-corrected chi connectivity index (χ4v) is 10.4. The molecule has 0 radical (unpaired) electrons. The zero-order valence-corrected chi connectivity index (χ0v) is 22.9. The first-order valence-corrected chi connectivity index (χ1v) is 14.1. The summed E-state index contributed by atoms with van der Waals surface area (Å²) in [6, 6.07) is 0. The molecule has 5 heteroatoms. The van der Waals surface area contributed by atoms with Gasteiger partial charge in [0.1, 0.15) is 12.4 Å². The lowest BCUT2D eigenvalue weighted by molar-refractivity contribution is -0.158. The SMILES string of the molecule is C=C1C(=O)OC2CC3C4(C)CCC(C(C)CC/C=C(\C)C=O)C4(C)CCC34CC4(CCC(=O)OC)C12. The highest BCUT2D eigenvalue weighted by molar-refractivity contribution is 5.91. The van der Waals surface area contributed by atoms with Crippen LogP contribution < -0.4 is 0 Å². The highest BCUT2D eigenvalue weighted by atomic mass is 16.6. The van der Waals surface area contributed by atoms with Gasteiger partial charge in [0.2, 0.25) is 0 Å². The summed E-state index contributed by atoms with van der Waals surface area (Å²) in [6.45, 7) is 13.6. The van der Waals surface area contributed by atoms with E-state index in [1.165, 1.54) is 32.8 Å². The maximum Gasteiger partial charge on any atom is 0.334 e. The third-order valence-corrected chi connectivity index (χ3v) is 12.4. The van der Waals surface area contributed by atoms with Gasteiger partial charge in [-0.15, -0.1) is 0 Å². The van der Waals surface area contributed by atoms with Crippen LogP contribution in [-0.4, -0.2) is 31.4 Å². The topological polar surface area (TPSA) is 69.7 Å². The predicted molar refractivity (Wildman–Crippen MR) is 138 cm³/mol. The predicted octanol–water partition coefficient (Wildman–Crippen LogP) is 6.21. The second-order valence-electron chi connectivity index (χ2n) is 13.4. The lowest BCUT2D eigenvalue weighted by atomic mass is 9.43. The number of rotatable bonds is 8. The molecule has 9 unspecified atom stereocenters. The zero-order chi connectivity index (χ0) is 26.1. The van der Waals surface area contributed by atoms with Crippen LogP contribution in [0.4, 0.5) is 0 Å². The maximum atomic E-state index is 12.7. The Labute approximate surface area is 216 Å². The summed E-state index contributed by atoms with van der Waals surface area (Å²) >= 11 is 0. The lowest BCUT2D eigenvalue weighted by Gasteiger charge is -2.61. The van der Waals surface area contributed by atoms with Crippen molar-refractivity contribution >= 4 is 18.2 Å². The number of carbonyl (C=O) groups excluding carboxylic acids is 3. The number of hydrogen-bond acceptors (Lipinski definition) is 5. The van der Waals surface area contributed by atoms with E-state index in [4.69, 9.17) is 9.47 Å². The summed E-state index contributed by atoms with van der Waals surface area (Å²) in [5, 5.41) is 0. The minimum absolute atomic E-state index is 0.0443. The van der Waals surface area contributed by atoms with Crippen molar-refractivity contribution in [1.29, 1.82) is 0 Å². The number of fused-ring (bicyclic) bond motifs is 4. The van der Waals surface area contributed by atoms with Gasteiger partial charge in [0.25, 0.3) is 0 Å². The Hall–Kier alpha value is -1.91. The molecule has 0 bridgehead atoms. The molecule has 1 saturated heterocycles. The van der Waals surface area contributed by atoms with Crippen LogP contribution in [0.2, 0.25) is 0 Å². The second-order valence-corrected chi connectivity index (χ2v) is 13.4. The van der Waals surface area contributed by atoms with E-state index < -0.39 is 0 Å². The third kappa shape index (κ3) is 3.29. The summed E-state index contributed by atoms with van der Waals surface area (Å²) < 4.78 is 11.0. The largest absolute Gasteiger partial charge is 0.469 e. The quantitative estimate of drug-likeness (QED) is 0.227. The van der Waals surface area contributed by atoms with Crippen molar-refractivity contribution in [3.05, 3.63) is 23.8 Å². The number of methoxy groups -OCH3 is 1. The molecule has 1 spiro atoms. The van der Waals surface area contributed by atoms with Gasteiger partial charge in [0.05, 0.1) is 7.11 Å². The molecule has 1 heterocycles. The molecule has 0 aromatic rings. The Kier molecular flexibility index (Phi) is 6.12. The second kappa shape index (κ2) is 8.56. The Morgan fingerprint density at radius 2 is 2.00 bits per heavy atom. The van der Waals surface area contributed by atoms with Crippen molar-refractivity contribution in [1.82, 2.24) is 0 Å². The average Bonchev–Trinajstić information content (AvgIpc) is 3.31. The van der Waals surface area contributed by atoms with E-state index in [1.807, 2.05) is 6.92 Å². The minimum Gasteiger partial charge on any atom is -0.469 e. The lowest BCUT2D eigenvalue weighted by Crippen LogP contribution is -2.56. The molecule has 198 valence electrons. The minimum atomic E-state index is -0.229. The Morgan fingerprint density at radius 1 is 1.25 bits per heavy atom. The molecule has 5 rings (SSSR count). The summed E-state index contributed by atoms with van der Waals surface area (Å²) in [6.07, 6.45) is 13.0.